The molecule has 4 aromatic carbocycles. The van der Waals surface area contributed by atoms with Crippen molar-refractivity contribution in [2.75, 3.05) is 0 Å². The van der Waals surface area contributed by atoms with E-state index < -0.39 is 48.9 Å². The van der Waals surface area contributed by atoms with E-state index in [1.54, 1.807) is 30.3 Å². The third kappa shape index (κ3) is 27.0. The second kappa shape index (κ2) is 37.7. The van der Waals surface area contributed by atoms with Gasteiger partial charge in [0.1, 0.15) is 0 Å². The van der Waals surface area contributed by atoms with Crippen molar-refractivity contribution >= 4 is 12.3 Å². The van der Waals surface area contributed by atoms with Crippen LogP contribution in [0, 0.1) is 0 Å². The van der Waals surface area contributed by atoms with Crippen molar-refractivity contribution < 1.29 is 67.8 Å². The molecule has 15 nitrogen and oxygen atoms in total. The van der Waals surface area contributed by atoms with E-state index in [0.29, 0.717) is 24.2 Å². The molecule has 1 atom stereocenters. The summed E-state index contributed by atoms with van der Waals surface area (Å²) in [5.74, 6) is -1.14. The Bertz CT molecular complexity index is 2570. The first-order valence-electron chi connectivity index (χ1n) is 24.1. The summed E-state index contributed by atoms with van der Waals surface area (Å²) in [5.41, 5.74) is 3.29. The van der Waals surface area contributed by atoms with E-state index in [-0.39, 0.29) is 58.2 Å². The van der Waals surface area contributed by atoms with Crippen molar-refractivity contribution in [1.82, 2.24) is 0 Å². The standard InChI is InChI=1S/C16H24O3.C16H24O2.C11H14O3.C11H12O3.C2H4O2.Mn.2O/c1-4-5-6-7-14(17)13-9-8-12(11(2)3)10-15(18)16(13)19;1-4-5-6-7-8-13-9-10-14(12(2)3)11-15(17)16(13)18;2*1-7(2)8-3-4-9(6-12)11(14)10(13)5-8;1-2(3)4;;;/h8-11,14,17H,4-7H2,1-3H3,(H,18,19);9-12H,4-8H2,1-3H3,(H,17,18);3-5,7,12H,6H2,1-2H3,(H,13,14);3-7H,1-2H3,(H,13,14);1H3,(H,3,4);;;. The zero-order valence-corrected chi connectivity index (χ0v) is 44.9. The first-order valence-corrected chi connectivity index (χ1v) is 25.1. The molecule has 7 N–H and O–H groups in total. The first-order chi connectivity index (χ1) is 33.8. The Morgan fingerprint density at radius 3 is 1.28 bits per heavy atom. The summed E-state index contributed by atoms with van der Waals surface area (Å²) in [6.07, 6.45) is 8.65. The number of carboxylic acid groups (broad SMARTS) is 1. The van der Waals surface area contributed by atoms with Crippen LogP contribution < -0.4 is 21.7 Å². The summed E-state index contributed by atoms with van der Waals surface area (Å²) in [6.45, 7) is 20.9. The van der Waals surface area contributed by atoms with Gasteiger partial charge in [-0.25, -0.2) is 0 Å². The fraction of sp³-hybridized carbons (Fsp3) is 0.464. The third-order valence-electron chi connectivity index (χ3n) is 10.8. The third-order valence-corrected chi connectivity index (χ3v) is 10.8. The average molecular weight is 1050 g/mol. The molecular formula is C56H78MnO15. The fourth-order valence-corrected chi connectivity index (χ4v) is 6.37. The van der Waals surface area contributed by atoms with Crippen LogP contribution in [0.1, 0.15) is 207 Å². The van der Waals surface area contributed by atoms with Crippen molar-refractivity contribution in [1.29, 1.82) is 0 Å². The van der Waals surface area contributed by atoms with Crippen LogP contribution in [-0.2, 0) is 40.3 Å². The molecule has 1 unspecified atom stereocenters. The first kappa shape index (κ1) is 68.0. The minimum absolute atomic E-state index is 0.0295. The number of hydrogen-bond acceptors (Lipinski definition) is 14. The summed E-state index contributed by atoms with van der Waals surface area (Å²) in [6, 6.07) is 19.5. The summed E-state index contributed by atoms with van der Waals surface area (Å²) in [4.78, 5) is 65.8. The van der Waals surface area contributed by atoms with E-state index in [0.717, 1.165) is 73.3 Å². The van der Waals surface area contributed by atoms with Crippen molar-refractivity contribution in [2.24, 2.45) is 0 Å². The molecule has 0 fully saturated rings. The number of aliphatic hydroxyl groups excluding tert-OH is 2. The molecule has 4 rings (SSSR count). The van der Waals surface area contributed by atoms with Gasteiger partial charge < -0.3 is 35.7 Å². The van der Waals surface area contributed by atoms with E-state index in [1.165, 1.54) is 37.1 Å². The van der Waals surface area contributed by atoms with Gasteiger partial charge in [0.2, 0.25) is 21.7 Å². The molecular weight excluding hydrogens is 968 g/mol. The van der Waals surface area contributed by atoms with Gasteiger partial charge in [0.15, 0.2) is 29.3 Å². The average Bonchev–Trinajstić information content (AvgIpc) is 3.71. The van der Waals surface area contributed by atoms with Gasteiger partial charge in [-0.1, -0.05) is 150 Å². The van der Waals surface area contributed by atoms with Crippen molar-refractivity contribution in [3.63, 3.8) is 0 Å². The molecule has 0 amide bonds. The molecule has 0 aliphatic carbocycles. The second-order valence-corrected chi connectivity index (χ2v) is 18.2. The van der Waals surface area contributed by atoms with Crippen LogP contribution in [0.4, 0.5) is 0 Å². The molecule has 0 aliphatic rings. The maximum absolute atomic E-state index is 11.8. The molecule has 0 heterocycles. The maximum atomic E-state index is 11.8. The fourth-order valence-electron chi connectivity index (χ4n) is 6.37. The normalized spacial score (nSPS) is 10.6. The van der Waals surface area contributed by atoms with Gasteiger partial charge in [0.25, 0.3) is 5.97 Å². The van der Waals surface area contributed by atoms with Crippen LogP contribution in [0.15, 0.2) is 92.0 Å². The van der Waals surface area contributed by atoms with Crippen molar-refractivity contribution in [3.05, 3.63) is 158 Å². The number of unbranched alkanes of at least 4 members (excludes halogenated alkanes) is 5. The van der Waals surface area contributed by atoms with Gasteiger partial charge in [-0.05, 0) is 101 Å². The summed E-state index contributed by atoms with van der Waals surface area (Å²) < 4.78 is 16.8. The number of aldehydes is 1. The summed E-state index contributed by atoms with van der Waals surface area (Å²) in [5, 5.41) is 64.9. The van der Waals surface area contributed by atoms with E-state index in [9.17, 15) is 49.5 Å². The van der Waals surface area contributed by atoms with Crippen LogP contribution in [0.2, 0.25) is 0 Å². The topological polar surface area (TPSA) is 278 Å². The van der Waals surface area contributed by atoms with Crippen molar-refractivity contribution in [3.8, 4) is 23.0 Å². The van der Waals surface area contributed by atoms with Crippen LogP contribution in [0.3, 0.4) is 0 Å². The number of aromatic hydroxyl groups is 4. The monoisotopic (exact) mass is 1050 g/mol. The number of hydrogen-bond donors (Lipinski definition) is 7. The number of carboxylic acids is 1. The Labute approximate surface area is 429 Å². The predicted molar refractivity (Wildman–Crippen MR) is 277 cm³/mol. The zero-order chi connectivity index (χ0) is 55.7. The number of aryl methyl sites for hydroxylation is 1. The number of carbonyl (C=O) groups is 2. The quantitative estimate of drug-likeness (QED) is 0.0312. The van der Waals surface area contributed by atoms with Gasteiger partial charge in [0, 0.05) is 18.1 Å². The molecule has 399 valence electrons. The SMILES string of the molecule is CC(=O)O.CC(C)c1ccc(C=O)c(O)c(=O)c1.CC(C)c1ccc(CO)c(O)c(=O)c1.CCCCCC(O)c1ccc(C(C)C)cc(=O)c1O.CCCCCCc1ccc(C(C)C)cc(=O)c1O.[O]=[Mn]=[O]. The van der Waals surface area contributed by atoms with Crippen LogP contribution in [-0.4, -0.2) is 48.0 Å². The van der Waals surface area contributed by atoms with E-state index >= 15 is 0 Å². The Morgan fingerprint density at radius 1 is 0.542 bits per heavy atom. The number of aliphatic hydroxyl groups is 2. The molecule has 0 saturated heterocycles. The molecule has 0 bridgehead atoms. The molecule has 72 heavy (non-hydrogen) atoms. The van der Waals surface area contributed by atoms with Gasteiger partial charge in [-0.3, -0.25) is 28.8 Å². The summed E-state index contributed by atoms with van der Waals surface area (Å²) >= 11 is -1.44. The molecule has 0 saturated carbocycles. The summed E-state index contributed by atoms with van der Waals surface area (Å²) in [7, 11) is 0. The minimum atomic E-state index is -1.44. The van der Waals surface area contributed by atoms with Crippen LogP contribution >= 0.6 is 0 Å². The van der Waals surface area contributed by atoms with E-state index in [2.05, 4.69) is 13.8 Å². The molecule has 4 aromatic rings. The zero-order valence-electron chi connectivity index (χ0n) is 43.7. The number of rotatable bonds is 16. The van der Waals surface area contributed by atoms with Crippen molar-refractivity contribution in [2.45, 2.75) is 170 Å². The van der Waals surface area contributed by atoms with E-state index in [4.69, 9.17) is 22.7 Å². The molecule has 0 aromatic heterocycles. The predicted octanol–water partition coefficient (Wildman–Crippen LogP) is 10.4. The van der Waals surface area contributed by atoms with E-state index in [1.807, 2.05) is 73.6 Å². The van der Waals surface area contributed by atoms with Gasteiger partial charge in [-0.15, -0.1) is 0 Å². The Kier molecular flexibility index (Phi) is 35.6. The van der Waals surface area contributed by atoms with Gasteiger partial charge >= 0.3 is 22.5 Å². The molecule has 16 heteroatoms. The molecule has 0 spiro atoms. The molecule has 0 radical (unpaired) electrons. The van der Waals surface area contributed by atoms with Gasteiger partial charge in [0.05, 0.1) is 18.3 Å². The number of aliphatic carboxylic acids is 1. The molecule has 0 aliphatic heterocycles. The Morgan fingerprint density at radius 2 is 0.889 bits per heavy atom. The van der Waals surface area contributed by atoms with Crippen LogP contribution in [0.25, 0.3) is 0 Å². The Hall–Kier alpha value is -6.06. The number of carbonyl (C=O) groups excluding carboxylic acids is 1. The Balaban J connectivity index is 0. The van der Waals surface area contributed by atoms with Crippen LogP contribution in [0.5, 0.6) is 23.0 Å². The van der Waals surface area contributed by atoms with Gasteiger partial charge in [-0.2, -0.15) is 0 Å². The second-order valence-electron chi connectivity index (χ2n) is 18.0.